The molecule has 94 valence electrons. The van der Waals surface area contributed by atoms with Crippen LogP contribution in [0.15, 0.2) is 36.4 Å². The van der Waals surface area contributed by atoms with E-state index in [4.69, 9.17) is 5.73 Å². The first-order valence-corrected chi connectivity index (χ1v) is 5.48. The number of hydrogen-bond acceptors (Lipinski definition) is 3. The molecule has 6 heteroatoms. The first kappa shape index (κ1) is 13.9. The van der Waals surface area contributed by atoms with Crippen LogP contribution in [0.1, 0.15) is 17.3 Å². The summed E-state index contributed by atoms with van der Waals surface area (Å²) in [5, 5.41) is 4.85. The third-order valence-electron chi connectivity index (χ3n) is 2.03. The Kier molecular flexibility index (Phi) is 4.56. The smallest absolute Gasteiger partial charge is 0.257 e. The molecule has 18 heavy (non-hydrogen) atoms. The molecule has 1 rings (SSSR count). The topological polar surface area (TPSA) is 84.2 Å². The van der Waals surface area contributed by atoms with Crippen LogP contribution in [0.25, 0.3) is 0 Å². The van der Waals surface area contributed by atoms with E-state index in [0.717, 1.165) is 0 Å². The molecule has 5 nitrogen and oxygen atoms in total. The maximum absolute atomic E-state index is 11.5. The summed E-state index contributed by atoms with van der Waals surface area (Å²) in [7, 11) is 0. The largest absolute Gasteiger partial charge is 0.376 e. The van der Waals surface area contributed by atoms with Gasteiger partial charge in [0.2, 0.25) is 0 Å². The van der Waals surface area contributed by atoms with E-state index < -0.39 is 0 Å². The van der Waals surface area contributed by atoms with Gasteiger partial charge in [-0.05, 0) is 43.4 Å². The summed E-state index contributed by atoms with van der Waals surface area (Å²) in [6, 6.07) is 6.33. The molecular formula is C12H13N3O2S. The van der Waals surface area contributed by atoms with Crippen LogP contribution < -0.4 is 16.4 Å². The highest BCUT2D eigenvalue weighted by atomic mass is 32.1. The summed E-state index contributed by atoms with van der Waals surface area (Å²) in [6.45, 7) is 5.14. The summed E-state index contributed by atoms with van der Waals surface area (Å²) < 4.78 is 0. The molecule has 0 aliphatic rings. The molecule has 0 heterocycles. The first-order chi connectivity index (χ1) is 8.40. The summed E-state index contributed by atoms with van der Waals surface area (Å²) >= 11 is 4.56. The second-order valence-corrected chi connectivity index (χ2v) is 4.07. The van der Waals surface area contributed by atoms with E-state index in [1.807, 2.05) is 0 Å². The fraction of sp³-hybridized carbons (Fsp3) is 0.0833. The molecule has 0 aliphatic heterocycles. The van der Waals surface area contributed by atoms with Crippen LogP contribution >= 0.6 is 12.2 Å². The molecule has 1 aromatic carbocycles. The molecule has 0 aromatic heterocycles. The number of carbonyl (C=O) groups is 2. The van der Waals surface area contributed by atoms with Gasteiger partial charge in [-0.2, -0.15) is 0 Å². The monoisotopic (exact) mass is 263 g/mol. The highest BCUT2D eigenvalue weighted by Crippen LogP contribution is 2.10. The molecule has 0 bridgehead atoms. The number of anilines is 1. The van der Waals surface area contributed by atoms with E-state index in [-0.39, 0.29) is 16.9 Å². The van der Waals surface area contributed by atoms with E-state index in [2.05, 4.69) is 29.4 Å². The molecule has 4 N–H and O–H groups in total. The molecule has 1 aromatic rings. The molecule has 2 amide bonds. The number of hydrogen-bond donors (Lipinski definition) is 3. The Balaban J connectivity index is 2.74. The maximum Gasteiger partial charge on any atom is 0.257 e. The SMILES string of the molecule is C=C(C)C(=O)Nc1ccc(C(=O)NC(N)=S)cc1. The Hall–Kier alpha value is -2.21. The lowest BCUT2D eigenvalue weighted by atomic mass is 10.2. The van der Waals surface area contributed by atoms with Gasteiger partial charge in [-0.1, -0.05) is 6.58 Å². The van der Waals surface area contributed by atoms with Gasteiger partial charge in [-0.25, -0.2) is 0 Å². The van der Waals surface area contributed by atoms with Crippen LogP contribution in [-0.2, 0) is 4.79 Å². The van der Waals surface area contributed by atoms with Crippen LogP contribution in [0.4, 0.5) is 5.69 Å². The number of nitrogens with two attached hydrogens (primary N) is 1. The van der Waals surface area contributed by atoms with Crippen molar-refractivity contribution in [1.29, 1.82) is 0 Å². The van der Waals surface area contributed by atoms with Crippen molar-refractivity contribution in [2.24, 2.45) is 5.73 Å². The average molecular weight is 263 g/mol. The summed E-state index contributed by atoms with van der Waals surface area (Å²) in [6.07, 6.45) is 0. The standard InChI is InChI=1S/C12H13N3O2S/c1-7(2)10(16)14-9-5-3-8(4-6-9)11(17)15-12(13)18/h3-6H,1H2,2H3,(H,14,16)(H3,13,15,17,18). The summed E-state index contributed by atoms with van der Waals surface area (Å²) in [5.41, 5.74) is 6.58. The minimum absolute atomic E-state index is 0.0836. The van der Waals surface area contributed by atoms with Crippen LogP contribution in [0.2, 0.25) is 0 Å². The third-order valence-corrected chi connectivity index (χ3v) is 2.13. The van der Waals surface area contributed by atoms with E-state index in [0.29, 0.717) is 16.8 Å². The lowest BCUT2D eigenvalue weighted by Crippen LogP contribution is -2.34. The minimum atomic E-state index is -0.389. The second-order valence-electron chi connectivity index (χ2n) is 3.63. The van der Waals surface area contributed by atoms with Crippen molar-refractivity contribution < 1.29 is 9.59 Å². The van der Waals surface area contributed by atoms with Gasteiger partial charge in [0.05, 0.1) is 0 Å². The zero-order valence-corrected chi connectivity index (χ0v) is 10.6. The predicted octanol–water partition coefficient (Wildman–Crippen LogP) is 1.17. The van der Waals surface area contributed by atoms with Crippen molar-refractivity contribution in [1.82, 2.24) is 5.32 Å². The number of carbonyl (C=O) groups excluding carboxylic acids is 2. The van der Waals surface area contributed by atoms with Crippen molar-refractivity contribution in [2.75, 3.05) is 5.32 Å². The molecule has 0 spiro atoms. The number of benzene rings is 1. The van der Waals surface area contributed by atoms with Crippen LogP contribution in [0.5, 0.6) is 0 Å². The highest BCUT2D eigenvalue weighted by molar-refractivity contribution is 7.80. The maximum atomic E-state index is 11.5. The van der Waals surface area contributed by atoms with Crippen molar-refractivity contribution in [3.8, 4) is 0 Å². The van der Waals surface area contributed by atoms with E-state index in [1.54, 1.807) is 31.2 Å². The Morgan fingerprint density at radius 3 is 2.28 bits per heavy atom. The van der Waals surface area contributed by atoms with Gasteiger partial charge in [-0.15, -0.1) is 0 Å². The van der Waals surface area contributed by atoms with Gasteiger partial charge < -0.3 is 11.1 Å². The first-order valence-electron chi connectivity index (χ1n) is 5.08. The van der Waals surface area contributed by atoms with Crippen LogP contribution in [0, 0.1) is 0 Å². The number of rotatable bonds is 3. The van der Waals surface area contributed by atoms with E-state index in [1.165, 1.54) is 0 Å². The Morgan fingerprint density at radius 1 is 1.28 bits per heavy atom. The van der Waals surface area contributed by atoms with Gasteiger partial charge >= 0.3 is 0 Å². The van der Waals surface area contributed by atoms with Crippen LogP contribution in [0.3, 0.4) is 0 Å². The zero-order chi connectivity index (χ0) is 13.7. The van der Waals surface area contributed by atoms with Gasteiger partial charge in [0, 0.05) is 16.8 Å². The predicted molar refractivity (Wildman–Crippen MR) is 74.1 cm³/mol. The summed E-state index contributed by atoms with van der Waals surface area (Å²) in [4.78, 5) is 22.9. The molecular weight excluding hydrogens is 250 g/mol. The van der Waals surface area contributed by atoms with Crippen LogP contribution in [-0.4, -0.2) is 16.9 Å². The zero-order valence-electron chi connectivity index (χ0n) is 9.82. The van der Waals surface area contributed by atoms with Crippen molar-refractivity contribution in [2.45, 2.75) is 6.92 Å². The molecule has 0 saturated heterocycles. The van der Waals surface area contributed by atoms with Crippen molar-refractivity contribution >= 4 is 34.8 Å². The molecule has 0 saturated carbocycles. The second kappa shape index (κ2) is 5.92. The number of amides is 2. The van der Waals surface area contributed by atoms with Gasteiger partial charge in [-0.3, -0.25) is 14.9 Å². The number of thiocarbonyl (C=S) groups is 1. The van der Waals surface area contributed by atoms with Gasteiger partial charge in [0.15, 0.2) is 5.11 Å². The fourth-order valence-electron chi connectivity index (χ4n) is 1.13. The third kappa shape index (κ3) is 3.99. The Labute approximate surface area is 110 Å². The Morgan fingerprint density at radius 2 is 1.83 bits per heavy atom. The average Bonchev–Trinajstić information content (AvgIpc) is 2.28. The quantitative estimate of drug-likeness (QED) is 0.564. The molecule has 0 aliphatic carbocycles. The van der Waals surface area contributed by atoms with Crippen molar-refractivity contribution in [3.05, 3.63) is 42.0 Å². The van der Waals surface area contributed by atoms with E-state index in [9.17, 15) is 9.59 Å². The lowest BCUT2D eigenvalue weighted by Gasteiger charge is -2.06. The summed E-state index contributed by atoms with van der Waals surface area (Å²) in [5.74, 6) is -0.657. The van der Waals surface area contributed by atoms with Gasteiger partial charge in [0.25, 0.3) is 11.8 Å². The highest BCUT2D eigenvalue weighted by Gasteiger charge is 2.07. The molecule has 0 fully saturated rings. The molecule has 0 atom stereocenters. The molecule has 0 unspecified atom stereocenters. The van der Waals surface area contributed by atoms with Crippen molar-refractivity contribution in [3.63, 3.8) is 0 Å². The molecule has 0 radical (unpaired) electrons. The minimum Gasteiger partial charge on any atom is -0.376 e. The lowest BCUT2D eigenvalue weighted by molar-refractivity contribution is -0.112. The normalized spacial score (nSPS) is 9.39. The fourth-order valence-corrected chi connectivity index (χ4v) is 1.22. The van der Waals surface area contributed by atoms with E-state index >= 15 is 0 Å². The number of nitrogens with one attached hydrogen (secondary N) is 2. The Bertz CT molecular complexity index is 509. The van der Waals surface area contributed by atoms with Gasteiger partial charge in [0.1, 0.15) is 0 Å².